The van der Waals surface area contributed by atoms with Gasteiger partial charge in [-0.25, -0.2) is 0 Å². The maximum Gasteiger partial charge on any atom is 0.200 e. The van der Waals surface area contributed by atoms with Crippen molar-refractivity contribution in [1.29, 1.82) is 0 Å². The van der Waals surface area contributed by atoms with E-state index in [1.165, 1.54) is 11.8 Å². The summed E-state index contributed by atoms with van der Waals surface area (Å²) in [5.41, 5.74) is 2.95. The molecule has 0 unspecified atom stereocenters. The van der Waals surface area contributed by atoms with E-state index in [0.717, 1.165) is 39.4 Å². The quantitative estimate of drug-likeness (QED) is 0.245. The molecule has 0 fully saturated rings. The summed E-state index contributed by atoms with van der Waals surface area (Å²) >= 11 is 6.13. The minimum atomic E-state index is 0.102. The summed E-state index contributed by atoms with van der Waals surface area (Å²) in [5, 5.41) is 0. The van der Waals surface area contributed by atoms with Crippen LogP contribution in [-0.2, 0) is 6.61 Å². The first-order valence-electron chi connectivity index (χ1n) is 8.31. The molecular formula is C22H14I2O2S. The minimum Gasteiger partial charge on any atom is -0.487 e. The lowest BCUT2D eigenvalue weighted by molar-refractivity contribution is 0.104. The molecule has 1 aliphatic rings. The Morgan fingerprint density at radius 1 is 0.926 bits per heavy atom. The minimum absolute atomic E-state index is 0.102. The number of rotatable bonds is 4. The molecule has 0 aliphatic carbocycles. The Labute approximate surface area is 189 Å². The van der Waals surface area contributed by atoms with Gasteiger partial charge in [-0.05, 0) is 86.7 Å². The lowest BCUT2D eigenvalue weighted by Crippen LogP contribution is -1.99. The largest absolute Gasteiger partial charge is 0.487 e. The molecule has 0 saturated heterocycles. The summed E-state index contributed by atoms with van der Waals surface area (Å²) in [6, 6.07) is 22.0. The van der Waals surface area contributed by atoms with Crippen LogP contribution >= 0.6 is 56.9 Å². The van der Waals surface area contributed by atoms with Gasteiger partial charge in [0.1, 0.15) is 12.4 Å². The Balaban J connectivity index is 1.56. The van der Waals surface area contributed by atoms with Crippen molar-refractivity contribution in [3.05, 3.63) is 95.5 Å². The predicted molar refractivity (Wildman–Crippen MR) is 127 cm³/mol. The first-order valence-corrected chi connectivity index (χ1v) is 11.3. The van der Waals surface area contributed by atoms with E-state index < -0.39 is 0 Å². The van der Waals surface area contributed by atoms with Crippen molar-refractivity contribution in [2.24, 2.45) is 0 Å². The fourth-order valence-electron chi connectivity index (χ4n) is 2.82. The van der Waals surface area contributed by atoms with Crippen molar-refractivity contribution in [3.63, 3.8) is 0 Å². The first kappa shape index (κ1) is 19.0. The van der Waals surface area contributed by atoms with Gasteiger partial charge in [-0.15, -0.1) is 0 Å². The molecule has 1 heterocycles. The van der Waals surface area contributed by atoms with Crippen LogP contribution in [0.5, 0.6) is 5.75 Å². The third-order valence-corrected chi connectivity index (χ3v) is 6.82. The van der Waals surface area contributed by atoms with Gasteiger partial charge >= 0.3 is 0 Å². The van der Waals surface area contributed by atoms with Gasteiger partial charge in [0.15, 0.2) is 0 Å². The lowest BCUT2D eigenvalue weighted by atomic mass is 10.1. The second kappa shape index (κ2) is 8.36. The number of allylic oxidation sites excluding steroid dienone is 1. The van der Waals surface area contributed by atoms with Crippen molar-refractivity contribution < 1.29 is 9.53 Å². The molecule has 1 aliphatic heterocycles. The van der Waals surface area contributed by atoms with E-state index in [9.17, 15) is 4.79 Å². The highest BCUT2D eigenvalue weighted by Crippen LogP contribution is 2.41. The molecule has 0 amide bonds. The fourth-order valence-corrected chi connectivity index (χ4v) is 6.00. The van der Waals surface area contributed by atoms with Crippen LogP contribution in [0, 0.1) is 7.14 Å². The second-order valence-corrected chi connectivity index (χ2v) is 9.43. The number of hydrogen-bond acceptors (Lipinski definition) is 3. The van der Waals surface area contributed by atoms with Gasteiger partial charge in [-0.3, -0.25) is 4.79 Å². The Morgan fingerprint density at radius 2 is 1.59 bits per heavy atom. The fraction of sp³-hybridized carbons (Fsp3) is 0.0455. The summed E-state index contributed by atoms with van der Waals surface area (Å²) in [4.78, 5) is 14.4. The van der Waals surface area contributed by atoms with Crippen molar-refractivity contribution >= 4 is 68.8 Å². The number of ketones is 1. The normalized spacial score (nSPS) is 14.4. The molecule has 0 spiro atoms. The maximum absolute atomic E-state index is 12.6. The number of benzene rings is 3. The predicted octanol–water partition coefficient (Wildman–Crippen LogP) is 6.80. The number of fused-ring (bicyclic) bond motifs is 1. The Morgan fingerprint density at radius 3 is 2.30 bits per heavy atom. The summed E-state index contributed by atoms with van der Waals surface area (Å²) in [5.74, 6) is 0.987. The monoisotopic (exact) mass is 596 g/mol. The Bertz CT molecular complexity index is 1020. The van der Waals surface area contributed by atoms with E-state index in [-0.39, 0.29) is 5.78 Å². The molecule has 0 bridgehead atoms. The zero-order chi connectivity index (χ0) is 18.8. The van der Waals surface area contributed by atoms with Crippen LogP contribution in [0.15, 0.2) is 76.5 Å². The topological polar surface area (TPSA) is 26.3 Å². The third-order valence-electron chi connectivity index (χ3n) is 4.12. The SMILES string of the molecule is O=C1/C(=C\c2cc(I)c(OCc3ccccc3)c(I)c2)Sc2ccccc21. The maximum atomic E-state index is 12.6. The molecule has 0 N–H and O–H groups in total. The summed E-state index contributed by atoms with van der Waals surface area (Å²) in [7, 11) is 0. The molecule has 0 saturated carbocycles. The summed E-state index contributed by atoms with van der Waals surface area (Å²) in [6.07, 6.45) is 1.97. The molecule has 4 rings (SSSR count). The van der Waals surface area contributed by atoms with Gasteiger partial charge < -0.3 is 4.74 Å². The van der Waals surface area contributed by atoms with Crippen LogP contribution in [0.4, 0.5) is 0 Å². The Hall–Kier alpha value is -1.32. The highest BCUT2D eigenvalue weighted by Gasteiger charge is 2.25. The highest BCUT2D eigenvalue weighted by molar-refractivity contribution is 14.1. The van der Waals surface area contributed by atoms with Gasteiger partial charge in [0.2, 0.25) is 5.78 Å². The molecular weight excluding hydrogens is 582 g/mol. The van der Waals surface area contributed by atoms with Crippen molar-refractivity contribution in [2.45, 2.75) is 11.5 Å². The number of Topliss-reactive ketones (excluding diaryl/α,β-unsaturated/α-hetero) is 1. The van der Waals surface area contributed by atoms with Crippen LogP contribution in [0.3, 0.4) is 0 Å². The first-order chi connectivity index (χ1) is 13.1. The average molecular weight is 596 g/mol. The zero-order valence-corrected chi connectivity index (χ0v) is 19.2. The van der Waals surface area contributed by atoms with E-state index in [4.69, 9.17) is 4.74 Å². The van der Waals surface area contributed by atoms with Crippen LogP contribution in [0.2, 0.25) is 0 Å². The number of carbonyl (C=O) groups excluding carboxylic acids is 1. The molecule has 27 heavy (non-hydrogen) atoms. The van der Waals surface area contributed by atoms with Crippen LogP contribution < -0.4 is 4.74 Å². The summed E-state index contributed by atoms with van der Waals surface area (Å²) < 4.78 is 8.12. The van der Waals surface area contributed by atoms with E-state index >= 15 is 0 Å². The number of hydrogen-bond donors (Lipinski definition) is 0. The Kier molecular flexibility index (Phi) is 5.89. The lowest BCUT2D eigenvalue weighted by Gasteiger charge is -2.12. The van der Waals surface area contributed by atoms with Gasteiger partial charge in [0.05, 0.1) is 12.0 Å². The molecule has 0 radical (unpaired) electrons. The average Bonchev–Trinajstić information content (AvgIpc) is 2.98. The van der Waals surface area contributed by atoms with E-state index in [1.807, 2.05) is 48.5 Å². The number of ether oxygens (including phenoxy) is 1. The molecule has 3 aromatic rings. The van der Waals surface area contributed by atoms with E-state index in [2.05, 4.69) is 69.4 Å². The van der Waals surface area contributed by atoms with Crippen molar-refractivity contribution in [1.82, 2.24) is 0 Å². The van der Waals surface area contributed by atoms with Crippen molar-refractivity contribution in [2.75, 3.05) is 0 Å². The second-order valence-electron chi connectivity index (χ2n) is 6.02. The van der Waals surface area contributed by atoms with Gasteiger partial charge in [0, 0.05) is 10.5 Å². The van der Waals surface area contributed by atoms with Crippen LogP contribution in [-0.4, -0.2) is 5.78 Å². The molecule has 3 aromatic carbocycles. The van der Waals surface area contributed by atoms with Crippen molar-refractivity contribution in [3.8, 4) is 5.75 Å². The van der Waals surface area contributed by atoms with Gasteiger partial charge in [-0.1, -0.05) is 54.2 Å². The van der Waals surface area contributed by atoms with Gasteiger partial charge in [-0.2, -0.15) is 0 Å². The summed E-state index contributed by atoms with van der Waals surface area (Å²) in [6.45, 7) is 0.539. The zero-order valence-electron chi connectivity index (χ0n) is 14.1. The van der Waals surface area contributed by atoms with Gasteiger partial charge in [0.25, 0.3) is 0 Å². The standard InChI is InChI=1S/C22H14I2O2S/c23-17-10-15(12-20-21(25)16-8-4-5-9-19(16)27-20)11-18(24)22(17)26-13-14-6-2-1-3-7-14/h1-12H,13H2/b20-12+. The number of carbonyl (C=O) groups is 1. The van der Waals surface area contributed by atoms with E-state index in [1.54, 1.807) is 0 Å². The molecule has 0 aromatic heterocycles. The van der Waals surface area contributed by atoms with Crippen LogP contribution in [0.25, 0.3) is 6.08 Å². The van der Waals surface area contributed by atoms with E-state index in [0.29, 0.717) is 6.61 Å². The number of thioether (sulfide) groups is 1. The molecule has 134 valence electrons. The molecule has 0 atom stereocenters. The third kappa shape index (κ3) is 4.25. The smallest absolute Gasteiger partial charge is 0.200 e. The number of halogens is 2. The molecule has 2 nitrogen and oxygen atoms in total. The molecule has 5 heteroatoms. The van der Waals surface area contributed by atoms with Crippen LogP contribution in [0.1, 0.15) is 21.5 Å². The highest BCUT2D eigenvalue weighted by atomic mass is 127.